The molecule has 1 aromatic heterocycles. The number of methoxy groups -OCH3 is 3. The number of hydrogen-bond acceptors (Lipinski definition) is 5. The monoisotopic (exact) mass is 397 g/mol. The largest absolute Gasteiger partial charge is 0.493 e. The summed E-state index contributed by atoms with van der Waals surface area (Å²) in [5.74, 6) is 2.14. The summed E-state index contributed by atoms with van der Waals surface area (Å²) in [6, 6.07) is 10.4. The maximum absolute atomic E-state index is 14.5. The minimum atomic E-state index is -0.319. The molecule has 0 radical (unpaired) electrons. The van der Waals surface area contributed by atoms with Gasteiger partial charge in [0.1, 0.15) is 17.3 Å². The number of para-hydroxylation sites is 1. The Hall–Kier alpha value is -3.22. The van der Waals surface area contributed by atoms with Crippen LogP contribution in [-0.2, 0) is 6.42 Å². The molecule has 4 rings (SSSR count). The summed E-state index contributed by atoms with van der Waals surface area (Å²) in [5.41, 5.74) is 3.07. The molecule has 0 fully saturated rings. The number of nitrogens with one attached hydrogen (secondary N) is 1. The number of benzene rings is 2. The van der Waals surface area contributed by atoms with Crippen LogP contribution in [0.1, 0.15) is 18.4 Å². The molecule has 1 aliphatic rings. The van der Waals surface area contributed by atoms with E-state index in [1.54, 1.807) is 38.1 Å². The summed E-state index contributed by atoms with van der Waals surface area (Å²) in [4.78, 5) is 0. The van der Waals surface area contributed by atoms with E-state index in [1.165, 1.54) is 6.07 Å². The second-order valence-electron chi connectivity index (χ2n) is 6.84. The normalized spacial score (nSPS) is 13.2. The fraction of sp³-hybridized carbons (Fsp3) is 0.318. The van der Waals surface area contributed by atoms with E-state index in [0.717, 1.165) is 48.4 Å². The molecule has 0 saturated heterocycles. The van der Waals surface area contributed by atoms with Crippen molar-refractivity contribution in [1.82, 2.24) is 9.78 Å². The van der Waals surface area contributed by atoms with Crippen LogP contribution < -0.4 is 19.5 Å². The first-order valence-corrected chi connectivity index (χ1v) is 9.59. The Morgan fingerprint density at radius 2 is 1.72 bits per heavy atom. The number of halogens is 1. The minimum Gasteiger partial charge on any atom is -0.493 e. The van der Waals surface area contributed by atoms with E-state index in [9.17, 15) is 4.39 Å². The van der Waals surface area contributed by atoms with E-state index in [0.29, 0.717) is 22.9 Å². The third-order valence-corrected chi connectivity index (χ3v) is 5.15. The molecule has 152 valence electrons. The Kier molecular flexibility index (Phi) is 5.29. The Bertz CT molecular complexity index is 1010. The molecule has 0 unspecified atom stereocenters. The van der Waals surface area contributed by atoms with Crippen LogP contribution in [0.5, 0.6) is 17.2 Å². The highest BCUT2D eigenvalue weighted by Crippen LogP contribution is 2.43. The van der Waals surface area contributed by atoms with Crippen molar-refractivity contribution in [2.45, 2.75) is 19.3 Å². The molecule has 0 atom stereocenters. The van der Waals surface area contributed by atoms with Gasteiger partial charge in [-0.1, -0.05) is 12.1 Å². The molecule has 29 heavy (non-hydrogen) atoms. The lowest BCUT2D eigenvalue weighted by atomic mass is 10.0. The summed E-state index contributed by atoms with van der Waals surface area (Å²) in [6.07, 6.45) is 2.92. The van der Waals surface area contributed by atoms with Gasteiger partial charge in [-0.25, -0.2) is 9.07 Å². The van der Waals surface area contributed by atoms with Crippen LogP contribution in [-0.4, -0.2) is 37.7 Å². The standard InChI is InChI=1S/C22H24FN3O3/c1-27-18-12-14(13-19(28-2)21(18)29-3)20-15-8-6-7-11-24-22(15)26(25-20)17-10-5-4-9-16(17)23/h4-5,9-10,12-13,24H,6-8,11H2,1-3H3. The van der Waals surface area contributed by atoms with Crippen molar-refractivity contribution in [2.24, 2.45) is 0 Å². The van der Waals surface area contributed by atoms with Crippen LogP contribution in [0, 0.1) is 5.82 Å². The van der Waals surface area contributed by atoms with Crippen molar-refractivity contribution in [3.8, 4) is 34.2 Å². The van der Waals surface area contributed by atoms with E-state index < -0.39 is 0 Å². The first kappa shape index (κ1) is 19.1. The quantitative estimate of drug-likeness (QED) is 0.689. The van der Waals surface area contributed by atoms with Crippen LogP contribution in [0.25, 0.3) is 16.9 Å². The minimum absolute atomic E-state index is 0.319. The van der Waals surface area contributed by atoms with Gasteiger partial charge in [0, 0.05) is 17.7 Å². The summed E-state index contributed by atoms with van der Waals surface area (Å²) < 4.78 is 32.7. The van der Waals surface area contributed by atoms with Crippen LogP contribution in [0.2, 0.25) is 0 Å². The molecule has 7 heteroatoms. The molecule has 0 saturated carbocycles. The highest BCUT2D eigenvalue weighted by atomic mass is 19.1. The molecule has 2 heterocycles. The van der Waals surface area contributed by atoms with Crippen LogP contribution in [0.4, 0.5) is 10.2 Å². The lowest BCUT2D eigenvalue weighted by Gasteiger charge is -2.14. The number of aromatic nitrogens is 2. The highest BCUT2D eigenvalue weighted by Gasteiger charge is 2.25. The first-order chi connectivity index (χ1) is 14.2. The van der Waals surface area contributed by atoms with Crippen molar-refractivity contribution in [3.63, 3.8) is 0 Å². The number of ether oxygens (including phenoxy) is 3. The number of fused-ring (bicyclic) bond motifs is 1. The van der Waals surface area contributed by atoms with E-state index in [4.69, 9.17) is 19.3 Å². The summed E-state index contributed by atoms with van der Waals surface area (Å²) in [5, 5.41) is 8.24. The van der Waals surface area contributed by atoms with Gasteiger partial charge in [-0.2, -0.15) is 5.10 Å². The maximum Gasteiger partial charge on any atom is 0.203 e. The average molecular weight is 397 g/mol. The number of rotatable bonds is 5. The average Bonchev–Trinajstić information content (AvgIpc) is 2.93. The lowest BCUT2D eigenvalue weighted by molar-refractivity contribution is 0.324. The molecule has 1 aliphatic heterocycles. The topological polar surface area (TPSA) is 57.5 Å². The zero-order valence-corrected chi connectivity index (χ0v) is 16.8. The highest BCUT2D eigenvalue weighted by molar-refractivity contribution is 5.75. The van der Waals surface area contributed by atoms with Gasteiger partial charge in [-0.15, -0.1) is 0 Å². The summed E-state index contributed by atoms with van der Waals surface area (Å²) in [7, 11) is 4.74. The van der Waals surface area contributed by atoms with E-state index in [-0.39, 0.29) is 5.82 Å². The molecule has 0 aliphatic carbocycles. The van der Waals surface area contributed by atoms with E-state index in [2.05, 4.69) is 5.32 Å². The van der Waals surface area contributed by atoms with Gasteiger partial charge in [0.15, 0.2) is 11.5 Å². The van der Waals surface area contributed by atoms with E-state index >= 15 is 0 Å². The van der Waals surface area contributed by atoms with Gasteiger partial charge in [0.25, 0.3) is 0 Å². The second-order valence-corrected chi connectivity index (χ2v) is 6.84. The summed E-state index contributed by atoms with van der Waals surface area (Å²) >= 11 is 0. The van der Waals surface area contributed by atoms with Gasteiger partial charge in [0.2, 0.25) is 5.75 Å². The fourth-order valence-corrected chi connectivity index (χ4v) is 3.75. The van der Waals surface area contributed by atoms with Crippen LogP contribution in [0.3, 0.4) is 0 Å². The van der Waals surface area contributed by atoms with Crippen molar-refractivity contribution < 1.29 is 18.6 Å². The molecule has 1 N–H and O–H groups in total. The van der Waals surface area contributed by atoms with Crippen molar-refractivity contribution in [2.75, 3.05) is 33.2 Å². The number of hydrogen-bond donors (Lipinski definition) is 1. The van der Waals surface area contributed by atoms with Gasteiger partial charge in [-0.05, 0) is 43.5 Å². The maximum atomic E-state index is 14.5. The predicted molar refractivity (Wildman–Crippen MR) is 110 cm³/mol. The Labute approximate surface area is 169 Å². The zero-order chi connectivity index (χ0) is 20.4. The van der Waals surface area contributed by atoms with Crippen molar-refractivity contribution in [3.05, 3.63) is 47.8 Å². The Morgan fingerprint density at radius 1 is 1.00 bits per heavy atom. The molecule has 6 nitrogen and oxygen atoms in total. The smallest absolute Gasteiger partial charge is 0.203 e. The molecular formula is C22H24FN3O3. The summed E-state index contributed by atoms with van der Waals surface area (Å²) in [6.45, 7) is 0.821. The van der Waals surface area contributed by atoms with Crippen LogP contribution in [0.15, 0.2) is 36.4 Å². The van der Waals surface area contributed by atoms with E-state index in [1.807, 2.05) is 18.2 Å². The fourth-order valence-electron chi connectivity index (χ4n) is 3.75. The molecule has 3 aromatic rings. The third kappa shape index (κ3) is 3.37. The molecule has 2 aromatic carbocycles. The van der Waals surface area contributed by atoms with Gasteiger partial charge in [0.05, 0.1) is 27.0 Å². The Balaban J connectivity index is 1.94. The van der Waals surface area contributed by atoms with Gasteiger partial charge in [-0.3, -0.25) is 0 Å². The van der Waals surface area contributed by atoms with Crippen molar-refractivity contribution in [1.29, 1.82) is 0 Å². The molecular weight excluding hydrogens is 373 g/mol. The number of nitrogens with zero attached hydrogens (tertiary/aromatic N) is 2. The lowest BCUT2D eigenvalue weighted by Crippen LogP contribution is -2.08. The molecule has 0 bridgehead atoms. The second kappa shape index (κ2) is 8.03. The predicted octanol–water partition coefficient (Wildman–Crippen LogP) is 4.45. The SMILES string of the molecule is COc1cc(-c2nn(-c3ccccc3F)c3c2CCCCN3)cc(OC)c1OC. The third-order valence-electron chi connectivity index (χ3n) is 5.15. The molecule has 0 amide bonds. The van der Waals surface area contributed by atoms with Crippen molar-refractivity contribution >= 4 is 5.82 Å². The van der Waals surface area contributed by atoms with Gasteiger partial charge < -0.3 is 19.5 Å². The first-order valence-electron chi connectivity index (χ1n) is 9.59. The van der Waals surface area contributed by atoms with Gasteiger partial charge >= 0.3 is 0 Å². The number of anilines is 1. The van der Waals surface area contributed by atoms with Crippen LogP contribution >= 0.6 is 0 Å². The zero-order valence-electron chi connectivity index (χ0n) is 16.8. The molecule has 0 spiro atoms. The Morgan fingerprint density at radius 3 is 2.38 bits per heavy atom.